The second-order valence-electron chi connectivity index (χ2n) is 13.7. The van der Waals surface area contributed by atoms with Crippen molar-refractivity contribution in [2.75, 3.05) is 47.5 Å². The first-order valence-electron chi connectivity index (χ1n) is 18.2. The smallest absolute Gasteiger partial charge is 0.306 e. The van der Waals surface area contributed by atoms with Crippen molar-refractivity contribution >= 4 is 19.8 Å². The minimum absolute atomic E-state index is 0.0296. The van der Waals surface area contributed by atoms with Crippen LogP contribution in [0, 0.1) is 0 Å². The number of esters is 2. The number of unbranched alkanes of at least 4 members (excludes halogenated alkanes) is 21. The minimum atomic E-state index is -4.58. The summed E-state index contributed by atoms with van der Waals surface area (Å²) in [5, 5.41) is 0. The van der Waals surface area contributed by atoms with E-state index in [1.54, 1.807) is 0 Å². The molecule has 0 aliphatic heterocycles. The highest BCUT2D eigenvalue weighted by molar-refractivity contribution is 7.45. The van der Waals surface area contributed by atoms with E-state index < -0.39 is 32.5 Å². The third-order valence-electron chi connectivity index (χ3n) is 7.94. The summed E-state index contributed by atoms with van der Waals surface area (Å²) >= 11 is 0. The van der Waals surface area contributed by atoms with E-state index in [4.69, 9.17) is 18.5 Å². The van der Waals surface area contributed by atoms with Crippen molar-refractivity contribution in [2.24, 2.45) is 0 Å². The normalized spacial score (nSPS) is 13.8. The van der Waals surface area contributed by atoms with Gasteiger partial charge in [-0.2, -0.15) is 0 Å². The van der Waals surface area contributed by atoms with E-state index in [0.29, 0.717) is 17.4 Å². The van der Waals surface area contributed by atoms with E-state index in [-0.39, 0.29) is 19.6 Å². The second kappa shape index (κ2) is 29.2. The van der Waals surface area contributed by atoms with Gasteiger partial charge < -0.3 is 27.9 Å². The monoisotopic (exact) mass is 663 g/mol. The number of quaternary nitrogens is 1. The molecule has 0 spiro atoms. The van der Waals surface area contributed by atoms with E-state index in [2.05, 4.69) is 6.92 Å². The number of hydrogen-bond donors (Lipinski definition) is 0. The molecule has 0 amide bonds. The van der Waals surface area contributed by atoms with Crippen molar-refractivity contribution in [1.82, 2.24) is 0 Å². The van der Waals surface area contributed by atoms with E-state index >= 15 is 0 Å². The van der Waals surface area contributed by atoms with E-state index in [1.165, 1.54) is 129 Å². The Labute approximate surface area is 276 Å². The second-order valence-corrected chi connectivity index (χ2v) is 15.1. The van der Waals surface area contributed by atoms with Crippen LogP contribution in [0.25, 0.3) is 0 Å². The van der Waals surface area contributed by atoms with Crippen LogP contribution in [0.4, 0.5) is 0 Å². The first-order chi connectivity index (χ1) is 21.4. The van der Waals surface area contributed by atoms with Gasteiger partial charge in [0.25, 0.3) is 7.82 Å². The number of rotatable bonds is 33. The van der Waals surface area contributed by atoms with Gasteiger partial charge >= 0.3 is 11.9 Å². The van der Waals surface area contributed by atoms with Gasteiger partial charge in [0, 0.05) is 13.3 Å². The molecule has 45 heavy (non-hydrogen) atoms. The van der Waals surface area contributed by atoms with Crippen LogP contribution in [0.5, 0.6) is 0 Å². The zero-order valence-electron chi connectivity index (χ0n) is 29.8. The topological polar surface area (TPSA) is 111 Å². The van der Waals surface area contributed by atoms with Crippen LogP contribution in [-0.2, 0) is 32.7 Å². The van der Waals surface area contributed by atoms with Gasteiger partial charge in [-0.1, -0.05) is 142 Å². The summed E-state index contributed by atoms with van der Waals surface area (Å²) in [6, 6.07) is 0. The highest BCUT2D eigenvalue weighted by Gasteiger charge is 2.21. The van der Waals surface area contributed by atoms with Crippen molar-refractivity contribution in [3.8, 4) is 0 Å². The van der Waals surface area contributed by atoms with Crippen molar-refractivity contribution in [3.63, 3.8) is 0 Å². The summed E-state index contributed by atoms with van der Waals surface area (Å²) in [5.74, 6) is -1.02. The number of nitrogens with zero attached hydrogens (tertiary/aromatic N) is 1. The van der Waals surface area contributed by atoms with Crippen LogP contribution in [-0.4, -0.2) is 70.0 Å². The fraction of sp³-hybridized carbons (Fsp3) is 0.943. The van der Waals surface area contributed by atoms with Gasteiger partial charge in [-0.25, -0.2) is 0 Å². The molecule has 10 heteroatoms. The molecule has 0 saturated heterocycles. The van der Waals surface area contributed by atoms with Crippen molar-refractivity contribution < 1.29 is 42.1 Å². The molecule has 0 bridgehead atoms. The zero-order chi connectivity index (χ0) is 33.7. The molecule has 2 atom stereocenters. The molecule has 9 nitrogen and oxygen atoms in total. The van der Waals surface area contributed by atoms with Crippen LogP contribution in [0.2, 0.25) is 0 Å². The molecule has 0 aromatic heterocycles. The van der Waals surface area contributed by atoms with Crippen molar-refractivity contribution in [3.05, 3.63) is 0 Å². The van der Waals surface area contributed by atoms with Crippen molar-refractivity contribution in [1.29, 1.82) is 0 Å². The van der Waals surface area contributed by atoms with Gasteiger partial charge in [0.05, 0.1) is 27.7 Å². The quantitative estimate of drug-likeness (QED) is 0.0297. The lowest BCUT2D eigenvalue weighted by Crippen LogP contribution is -2.37. The van der Waals surface area contributed by atoms with Gasteiger partial charge in [-0.3, -0.25) is 14.2 Å². The Hall–Kier alpha value is -0.990. The number of hydrogen-bond acceptors (Lipinski definition) is 8. The Morgan fingerprint density at radius 1 is 0.644 bits per heavy atom. The Kier molecular flexibility index (Phi) is 28.5. The van der Waals surface area contributed by atoms with Crippen LogP contribution in [0.1, 0.15) is 162 Å². The molecule has 0 radical (unpaired) electrons. The molecule has 0 saturated carbocycles. The molecular formula is C35H70NO8P. The molecule has 0 N–H and O–H groups in total. The van der Waals surface area contributed by atoms with Gasteiger partial charge in [-0.05, 0) is 6.42 Å². The third-order valence-corrected chi connectivity index (χ3v) is 8.90. The maximum atomic E-state index is 12.3. The molecule has 0 aromatic rings. The summed E-state index contributed by atoms with van der Waals surface area (Å²) in [6.45, 7) is 3.20. The number of carbonyl (C=O) groups excluding carboxylic acids is 2. The highest BCUT2D eigenvalue weighted by atomic mass is 31.2. The number of likely N-dealkylation sites (N-methyl/N-ethyl adjacent to an activating group) is 1. The molecule has 0 aromatic carbocycles. The summed E-state index contributed by atoms with van der Waals surface area (Å²) in [5.41, 5.74) is 0. The highest BCUT2D eigenvalue weighted by Crippen LogP contribution is 2.38. The van der Waals surface area contributed by atoms with Gasteiger partial charge in [0.2, 0.25) is 0 Å². The maximum Gasteiger partial charge on any atom is 0.306 e. The molecular weight excluding hydrogens is 593 g/mol. The zero-order valence-corrected chi connectivity index (χ0v) is 30.7. The summed E-state index contributed by atoms with van der Waals surface area (Å²) in [6.07, 6.45) is 27.9. The third kappa shape index (κ3) is 34.2. The average molecular weight is 664 g/mol. The first kappa shape index (κ1) is 44.0. The molecule has 0 aliphatic carbocycles. The average Bonchev–Trinajstić information content (AvgIpc) is 2.96. The van der Waals surface area contributed by atoms with Crippen LogP contribution in [0.3, 0.4) is 0 Å². The predicted molar refractivity (Wildman–Crippen MR) is 181 cm³/mol. The number of ether oxygens (including phenoxy) is 2. The lowest BCUT2D eigenvalue weighted by Gasteiger charge is -2.28. The predicted octanol–water partition coefficient (Wildman–Crippen LogP) is 8.66. The van der Waals surface area contributed by atoms with E-state index in [1.807, 2.05) is 21.1 Å². The molecule has 0 rings (SSSR count). The SMILES string of the molecule is CCCCCCCCCCCCCCCCCCCCCCCCC(=O)OC(COC(C)=O)COP(=O)([O-])OCC[N+](C)(C)C. The molecule has 0 fully saturated rings. The van der Waals surface area contributed by atoms with Gasteiger partial charge in [0.1, 0.15) is 19.8 Å². The molecule has 0 aliphatic rings. The molecule has 268 valence electrons. The van der Waals surface area contributed by atoms with Gasteiger partial charge in [0.15, 0.2) is 6.10 Å². The summed E-state index contributed by atoms with van der Waals surface area (Å²) in [7, 11) is 1.17. The van der Waals surface area contributed by atoms with Crippen LogP contribution in [0.15, 0.2) is 0 Å². The largest absolute Gasteiger partial charge is 0.756 e. The summed E-state index contributed by atoms with van der Waals surface area (Å²) in [4.78, 5) is 35.6. The Balaban J connectivity index is 3.75. The Morgan fingerprint density at radius 2 is 1.04 bits per heavy atom. The van der Waals surface area contributed by atoms with E-state index in [9.17, 15) is 19.0 Å². The Morgan fingerprint density at radius 3 is 1.42 bits per heavy atom. The van der Waals surface area contributed by atoms with E-state index in [0.717, 1.165) is 12.8 Å². The van der Waals surface area contributed by atoms with Crippen LogP contribution >= 0.6 is 7.82 Å². The fourth-order valence-electron chi connectivity index (χ4n) is 5.09. The van der Waals surface area contributed by atoms with Gasteiger partial charge in [-0.15, -0.1) is 0 Å². The molecule has 2 unspecified atom stereocenters. The number of phosphoric ester groups is 1. The van der Waals surface area contributed by atoms with Crippen LogP contribution < -0.4 is 4.89 Å². The standard InChI is InChI=1S/C35H70NO8P/c1-6-7-8-9-10-11-12-13-14-15-16-17-18-19-20-21-22-23-24-25-26-27-28-35(38)44-34(31-41-33(2)37)32-43-45(39,40)42-30-29-36(3,4)5/h34H,6-32H2,1-5H3. The van der Waals surface area contributed by atoms with Crippen molar-refractivity contribution in [2.45, 2.75) is 168 Å². The Bertz CT molecular complexity index is 758. The first-order valence-corrected chi connectivity index (χ1v) is 19.6. The lowest BCUT2D eigenvalue weighted by molar-refractivity contribution is -0.870. The number of phosphoric acid groups is 1. The maximum absolute atomic E-state index is 12.3. The minimum Gasteiger partial charge on any atom is -0.756 e. The summed E-state index contributed by atoms with van der Waals surface area (Å²) < 4.78 is 32.6. The lowest BCUT2D eigenvalue weighted by atomic mass is 10.0. The number of carbonyl (C=O) groups is 2. The fourth-order valence-corrected chi connectivity index (χ4v) is 5.82. The molecule has 0 heterocycles.